The first kappa shape index (κ1) is 17.7. The summed E-state index contributed by atoms with van der Waals surface area (Å²) in [6.45, 7) is 8.81. The molecular weight excluding hydrogens is 298 g/mol. The second kappa shape index (κ2) is 8.83. The predicted molar refractivity (Wildman–Crippen MR) is 103 cm³/mol. The Balaban J connectivity index is 2.21. The number of thioether (sulfide) groups is 1. The second-order valence-corrected chi connectivity index (χ2v) is 6.96. The van der Waals surface area contributed by atoms with E-state index in [1.165, 1.54) is 26.6 Å². The van der Waals surface area contributed by atoms with Gasteiger partial charge in [0.2, 0.25) is 0 Å². The molecule has 0 amide bonds. The first-order valence-electron chi connectivity index (χ1n) is 8.40. The van der Waals surface area contributed by atoms with E-state index < -0.39 is 0 Å². The third kappa shape index (κ3) is 4.90. The molecule has 0 saturated carbocycles. The highest BCUT2D eigenvalue weighted by Crippen LogP contribution is 2.32. The van der Waals surface area contributed by atoms with Crippen molar-refractivity contribution < 1.29 is 0 Å². The second-order valence-electron chi connectivity index (χ2n) is 5.91. The number of benzene rings is 2. The third-order valence-corrected chi connectivity index (χ3v) is 5.28. The maximum absolute atomic E-state index is 3.76. The van der Waals surface area contributed by atoms with Crippen LogP contribution in [0.3, 0.4) is 0 Å². The van der Waals surface area contributed by atoms with Crippen molar-refractivity contribution in [3.05, 3.63) is 76.3 Å². The molecule has 0 aliphatic heterocycles. The molecule has 1 nitrogen and oxygen atoms in total. The molecule has 2 aromatic rings. The van der Waals surface area contributed by atoms with Crippen molar-refractivity contribution in [1.29, 1.82) is 0 Å². The summed E-state index contributed by atoms with van der Waals surface area (Å²) >= 11 is 1.85. The zero-order chi connectivity index (χ0) is 16.7. The maximum atomic E-state index is 3.76. The Hall–Kier alpha value is -1.67. The summed E-state index contributed by atoms with van der Waals surface area (Å²) in [7, 11) is 0. The van der Waals surface area contributed by atoms with Gasteiger partial charge in [-0.2, -0.15) is 0 Å². The Bertz CT molecular complexity index is 642. The Morgan fingerprint density at radius 1 is 0.957 bits per heavy atom. The molecule has 2 rings (SSSR count). The van der Waals surface area contributed by atoms with E-state index in [1.807, 2.05) is 11.8 Å². The Morgan fingerprint density at radius 2 is 1.61 bits per heavy atom. The summed E-state index contributed by atoms with van der Waals surface area (Å²) in [5.74, 6) is 0. The summed E-state index contributed by atoms with van der Waals surface area (Å²) in [6, 6.07) is 19.7. The number of hydrogen-bond donors (Lipinski definition) is 1. The van der Waals surface area contributed by atoms with Gasteiger partial charge in [-0.1, -0.05) is 74.1 Å². The molecular formula is C21H27NS. The van der Waals surface area contributed by atoms with E-state index in [1.54, 1.807) is 0 Å². The molecule has 2 aromatic carbocycles. The van der Waals surface area contributed by atoms with Crippen molar-refractivity contribution in [3.63, 3.8) is 0 Å². The fourth-order valence-corrected chi connectivity index (χ4v) is 3.66. The van der Waals surface area contributed by atoms with Crippen molar-refractivity contribution in [2.45, 2.75) is 51.5 Å². The Kier molecular flexibility index (Phi) is 6.79. The van der Waals surface area contributed by atoms with Crippen LogP contribution in [0.15, 0.2) is 70.1 Å². The third-order valence-electron chi connectivity index (χ3n) is 3.94. The highest BCUT2D eigenvalue weighted by molar-refractivity contribution is 8.03. The van der Waals surface area contributed by atoms with Crippen LogP contribution in [0.5, 0.6) is 0 Å². The van der Waals surface area contributed by atoms with Crippen LogP contribution >= 0.6 is 11.8 Å². The number of aryl methyl sites for hydroxylation is 1. The maximum Gasteiger partial charge on any atom is 0.0720 e. The molecule has 23 heavy (non-hydrogen) atoms. The van der Waals surface area contributed by atoms with Crippen LogP contribution in [0.4, 0.5) is 0 Å². The zero-order valence-electron chi connectivity index (χ0n) is 14.6. The quantitative estimate of drug-likeness (QED) is 0.597. The minimum atomic E-state index is 0.349. The van der Waals surface area contributed by atoms with Gasteiger partial charge in [-0.05, 0) is 49.5 Å². The SMILES string of the molecule is CCc1ccccc1SC(NC(CC)c1ccccc1)=C(C)C. The van der Waals surface area contributed by atoms with Crippen molar-refractivity contribution >= 4 is 11.8 Å². The fourth-order valence-electron chi connectivity index (χ4n) is 2.55. The summed E-state index contributed by atoms with van der Waals surface area (Å²) in [4.78, 5) is 1.35. The summed E-state index contributed by atoms with van der Waals surface area (Å²) in [6.07, 6.45) is 2.13. The molecule has 0 heterocycles. The van der Waals surface area contributed by atoms with E-state index in [4.69, 9.17) is 0 Å². The predicted octanol–water partition coefficient (Wildman–Crippen LogP) is 6.33. The summed E-state index contributed by atoms with van der Waals surface area (Å²) in [5, 5.41) is 5.03. The minimum absolute atomic E-state index is 0.349. The monoisotopic (exact) mass is 325 g/mol. The van der Waals surface area contributed by atoms with Gasteiger partial charge >= 0.3 is 0 Å². The molecule has 0 saturated heterocycles. The fraction of sp³-hybridized carbons (Fsp3) is 0.333. The lowest BCUT2D eigenvalue weighted by Crippen LogP contribution is -2.19. The molecule has 122 valence electrons. The highest BCUT2D eigenvalue weighted by atomic mass is 32.2. The van der Waals surface area contributed by atoms with E-state index in [2.05, 4.69) is 87.6 Å². The first-order chi connectivity index (χ1) is 11.2. The molecule has 0 aliphatic carbocycles. The summed E-state index contributed by atoms with van der Waals surface area (Å²) < 4.78 is 0. The molecule has 2 heteroatoms. The molecule has 1 unspecified atom stereocenters. The lowest BCUT2D eigenvalue weighted by Gasteiger charge is -2.22. The van der Waals surface area contributed by atoms with Crippen LogP contribution in [0.25, 0.3) is 0 Å². The van der Waals surface area contributed by atoms with Crippen molar-refractivity contribution in [2.75, 3.05) is 0 Å². The normalized spacial score (nSPS) is 11.8. The van der Waals surface area contributed by atoms with Crippen LogP contribution in [-0.2, 0) is 6.42 Å². The standard InChI is InChI=1S/C21H27NS/c1-5-17-12-10-11-15-20(17)23-21(16(3)4)22-19(6-2)18-13-8-7-9-14-18/h7-15,19,22H,5-6H2,1-4H3. The molecule has 1 N–H and O–H groups in total. The molecule has 0 aliphatic rings. The molecule has 0 aromatic heterocycles. The average Bonchev–Trinajstić information content (AvgIpc) is 2.59. The van der Waals surface area contributed by atoms with E-state index in [0.717, 1.165) is 12.8 Å². The van der Waals surface area contributed by atoms with Gasteiger partial charge in [0, 0.05) is 4.90 Å². The first-order valence-corrected chi connectivity index (χ1v) is 9.22. The van der Waals surface area contributed by atoms with Crippen molar-refractivity contribution in [2.24, 2.45) is 0 Å². The molecule has 0 fully saturated rings. The lowest BCUT2D eigenvalue weighted by molar-refractivity contribution is 0.593. The Labute approximate surface area is 145 Å². The van der Waals surface area contributed by atoms with Crippen LogP contribution in [-0.4, -0.2) is 0 Å². The van der Waals surface area contributed by atoms with Gasteiger partial charge in [0.25, 0.3) is 0 Å². The number of hydrogen-bond acceptors (Lipinski definition) is 2. The van der Waals surface area contributed by atoms with E-state index in [9.17, 15) is 0 Å². The Morgan fingerprint density at radius 3 is 2.22 bits per heavy atom. The van der Waals surface area contributed by atoms with Crippen LogP contribution in [0, 0.1) is 0 Å². The topological polar surface area (TPSA) is 12.0 Å². The van der Waals surface area contributed by atoms with Gasteiger partial charge in [0.1, 0.15) is 0 Å². The van der Waals surface area contributed by atoms with Gasteiger partial charge in [0.15, 0.2) is 0 Å². The lowest BCUT2D eigenvalue weighted by atomic mass is 10.1. The molecule has 0 radical (unpaired) electrons. The van der Waals surface area contributed by atoms with Crippen LogP contribution in [0.2, 0.25) is 0 Å². The molecule has 0 bridgehead atoms. The van der Waals surface area contributed by atoms with Gasteiger partial charge in [-0.15, -0.1) is 0 Å². The van der Waals surface area contributed by atoms with Gasteiger partial charge in [-0.3, -0.25) is 0 Å². The van der Waals surface area contributed by atoms with Gasteiger partial charge in [0.05, 0.1) is 11.1 Å². The summed E-state index contributed by atoms with van der Waals surface area (Å²) in [5.41, 5.74) is 4.08. The average molecular weight is 326 g/mol. The van der Waals surface area contributed by atoms with E-state index in [-0.39, 0.29) is 0 Å². The van der Waals surface area contributed by atoms with Crippen LogP contribution < -0.4 is 5.32 Å². The zero-order valence-corrected chi connectivity index (χ0v) is 15.4. The largest absolute Gasteiger partial charge is 0.373 e. The molecule has 1 atom stereocenters. The minimum Gasteiger partial charge on any atom is -0.373 e. The van der Waals surface area contributed by atoms with Crippen molar-refractivity contribution in [3.8, 4) is 0 Å². The van der Waals surface area contributed by atoms with Crippen LogP contribution in [0.1, 0.15) is 51.3 Å². The van der Waals surface area contributed by atoms with E-state index in [0.29, 0.717) is 6.04 Å². The van der Waals surface area contributed by atoms with E-state index >= 15 is 0 Å². The van der Waals surface area contributed by atoms with Gasteiger partial charge < -0.3 is 5.32 Å². The smallest absolute Gasteiger partial charge is 0.0720 e. The van der Waals surface area contributed by atoms with Gasteiger partial charge in [-0.25, -0.2) is 0 Å². The number of allylic oxidation sites excluding steroid dienone is 1. The highest BCUT2D eigenvalue weighted by Gasteiger charge is 2.13. The van der Waals surface area contributed by atoms with Crippen molar-refractivity contribution in [1.82, 2.24) is 5.32 Å². The number of rotatable bonds is 7. The molecule has 0 spiro atoms. The number of nitrogens with one attached hydrogen (secondary N) is 1.